The van der Waals surface area contributed by atoms with Gasteiger partial charge in [0.05, 0.1) is 13.1 Å². The molecule has 0 aliphatic carbocycles. The van der Waals surface area contributed by atoms with E-state index in [0.717, 1.165) is 19.5 Å². The van der Waals surface area contributed by atoms with E-state index in [0.29, 0.717) is 32.2 Å². The zero-order chi connectivity index (χ0) is 11.5. The standard InChI is InChI=1S/C10H17N3O3/c11-5-8-1-2-12(6-8)7-9(14)13-3-4-16-10(13)15/h8H,1-7,11H2. The molecule has 2 aliphatic rings. The number of likely N-dealkylation sites (tertiary alicyclic amines) is 1. The molecular formula is C10H17N3O3. The summed E-state index contributed by atoms with van der Waals surface area (Å²) in [5.41, 5.74) is 5.57. The molecule has 90 valence electrons. The first-order valence-electron chi connectivity index (χ1n) is 5.60. The Labute approximate surface area is 94.3 Å². The van der Waals surface area contributed by atoms with Crippen LogP contribution in [0.1, 0.15) is 6.42 Å². The minimum absolute atomic E-state index is 0.167. The van der Waals surface area contributed by atoms with Crippen LogP contribution in [0.5, 0.6) is 0 Å². The van der Waals surface area contributed by atoms with Crippen LogP contribution in [0, 0.1) is 5.92 Å². The van der Waals surface area contributed by atoms with Gasteiger partial charge in [-0.15, -0.1) is 0 Å². The smallest absolute Gasteiger partial charge is 0.416 e. The molecule has 6 nitrogen and oxygen atoms in total. The normalized spacial score (nSPS) is 26.2. The van der Waals surface area contributed by atoms with Gasteiger partial charge in [-0.05, 0) is 25.4 Å². The average Bonchev–Trinajstić information content (AvgIpc) is 2.86. The minimum atomic E-state index is -0.514. The van der Waals surface area contributed by atoms with Crippen molar-refractivity contribution in [2.24, 2.45) is 11.7 Å². The van der Waals surface area contributed by atoms with E-state index in [2.05, 4.69) is 0 Å². The van der Waals surface area contributed by atoms with Gasteiger partial charge >= 0.3 is 6.09 Å². The lowest BCUT2D eigenvalue weighted by molar-refractivity contribution is -0.128. The second-order valence-electron chi connectivity index (χ2n) is 4.29. The van der Waals surface area contributed by atoms with Gasteiger partial charge in [0.2, 0.25) is 5.91 Å². The summed E-state index contributed by atoms with van der Waals surface area (Å²) in [6.07, 6.45) is 0.522. The molecule has 2 N–H and O–H groups in total. The predicted molar refractivity (Wildman–Crippen MR) is 56.7 cm³/mol. The lowest BCUT2D eigenvalue weighted by Gasteiger charge is -2.17. The van der Waals surface area contributed by atoms with E-state index < -0.39 is 6.09 Å². The summed E-state index contributed by atoms with van der Waals surface area (Å²) in [5, 5.41) is 0. The number of carbonyl (C=O) groups is 2. The van der Waals surface area contributed by atoms with Gasteiger partial charge in [-0.3, -0.25) is 9.69 Å². The molecule has 16 heavy (non-hydrogen) atoms. The van der Waals surface area contributed by atoms with E-state index >= 15 is 0 Å². The summed E-state index contributed by atoms with van der Waals surface area (Å²) in [6, 6.07) is 0. The highest BCUT2D eigenvalue weighted by Gasteiger charge is 2.31. The third kappa shape index (κ3) is 2.33. The lowest BCUT2D eigenvalue weighted by Crippen LogP contribution is -2.40. The number of ether oxygens (including phenoxy) is 1. The number of hydrogen-bond donors (Lipinski definition) is 1. The summed E-state index contributed by atoms with van der Waals surface area (Å²) >= 11 is 0. The van der Waals surface area contributed by atoms with Crippen molar-refractivity contribution in [3.8, 4) is 0 Å². The predicted octanol–water partition coefficient (Wildman–Crippen LogP) is -0.754. The van der Waals surface area contributed by atoms with Gasteiger partial charge in [-0.2, -0.15) is 0 Å². The zero-order valence-corrected chi connectivity index (χ0v) is 9.22. The van der Waals surface area contributed by atoms with Crippen LogP contribution >= 0.6 is 0 Å². The molecule has 0 spiro atoms. The number of amides is 2. The van der Waals surface area contributed by atoms with Crippen LogP contribution < -0.4 is 5.73 Å². The maximum Gasteiger partial charge on any atom is 0.416 e. The molecule has 1 unspecified atom stereocenters. The molecule has 0 aromatic rings. The summed E-state index contributed by atoms with van der Waals surface area (Å²) in [4.78, 5) is 26.1. The first-order chi connectivity index (χ1) is 7.70. The van der Waals surface area contributed by atoms with Gasteiger partial charge in [-0.25, -0.2) is 9.69 Å². The molecule has 6 heteroatoms. The topological polar surface area (TPSA) is 75.9 Å². The molecule has 0 bridgehead atoms. The van der Waals surface area contributed by atoms with Crippen LogP contribution in [-0.2, 0) is 9.53 Å². The van der Waals surface area contributed by atoms with Crippen molar-refractivity contribution in [3.63, 3.8) is 0 Å². The number of nitrogens with two attached hydrogens (primary N) is 1. The fourth-order valence-electron chi connectivity index (χ4n) is 2.15. The first kappa shape index (κ1) is 11.3. The van der Waals surface area contributed by atoms with E-state index in [1.54, 1.807) is 0 Å². The maximum atomic E-state index is 11.8. The third-order valence-corrected chi connectivity index (χ3v) is 3.12. The number of cyclic esters (lactones) is 1. The van der Waals surface area contributed by atoms with Gasteiger partial charge < -0.3 is 10.5 Å². The Hall–Kier alpha value is -1.14. The average molecular weight is 227 g/mol. The number of carbonyl (C=O) groups excluding carboxylic acids is 2. The van der Waals surface area contributed by atoms with Crippen LogP contribution in [0.15, 0.2) is 0 Å². The van der Waals surface area contributed by atoms with Crippen molar-refractivity contribution in [2.75, 3.05) is 39.3 Å². The van der Waals surface area contributed by atoms with E-state index in [9.17, 15) is 9.59 Å². The van der Waals surface area contributed by atoms with Crippen LogP contribution in [-0.4, -0.2) is 61.1 Å². The van der Waals surface area contributed by atoms with Gasteiger partial charge in [0.15, 0.2) is 0 Å². The van der Waals surface area contributed by atoms with Crippen LogP contribution in [0.2, 0.25) is 0 Å². The number of imide groups is 1. The number of nitrogens with zero attached hydrogens (tertiary/aromatic N) is 2. The molecular weight excluding hydrogens is 210 g/mol. The van der Waals surface area contributed by atoms with Crippen molar-refractivity contribution in [3.05, 3.63) is 0 Å². The molecule has 1 atom stereocenters. The van der Waals surface area contributed by atoms with E-state index in [1.807, 2.05) is 4.90 Å². The van der Waals surface area contributed by atoms with Crippen molar-refractivity contribution < 1.29 is 14.3 Å². The molecule has 2 fully saturated rings. The minimum Gasteiger partial charge on any atom is -0.447 e. The quantitative estimate of drug-likeness (QED) is 0.686. The van der Waals surface area contributed by atoms with Gasteiger partial charge in [-0.1, -0.05) is 0 Å². The highest BCUT2D eigenvalue weighted by Crippen LogP contribution is 2.15. The van der Waals surface area contributed by atoms with E-state index in [1.165, 1.54) is 4.90 Å². The summed E-state index contributed by atoms with van der Waals surface area (Å²) < 4.78 is 4.72. The molecule has 0 aromatic carbocycles. The van der Waals surface area contributed by atoms with Crippen LogP contribution in [0.25, 0.3) is 0 Å². The molecule has 2 amide bonds. The van der Waals surface area contributed by atoms with Crippen molar-refractivity contribution >= 4 is 12.0 Å². The summed E-state index contributed by atoms with van der Waals surface area (Å²) in [5.74, 6) is 0.318. The van der Waals surface area contributed by atoms with Crippen molar-refractivity contribution in [2.45, 2.75) is 6.42 Å². The molecule has 2 aliphatic heterocycles. The Balaban J connectivity index is 1.81. The van der Waals surface area contributed by atoms with Gasteiger partial charge in [0.25, 0.3) is 0 Å². The lowest BCUT2D eigenvalue weighted by atomic mass is 10.1. The Morgan fingerprint density at radius 2 is 2.31 bits per heavy atom. The van der Waals surface area contributed by atoms with Crippen LogP contribution in [0.4, 0.5) is 4.79 Å². The van der Waals surface area contributed by atoms with Crippen LogP contribution in [0.3, 0.4) is 0 Å². The molecule has 0 radical (unpaired) electrons. The second kappa shape index (κ2) is 4.80. The molecule has 0 aromatic heterocycles. The van der Waals surface area contributed by atoms with Gasteiger partial charge in [0.1, 0.15) is 6.61 Å². The Bertz CT molecular complexity index is 295. The highest BCUT2D eigenvalue weighted by molar-refractivity contribution is 5.94. The highest BCUT2D eigenvalue weighted by atomic mass is 16.6. The van der Waals surface area contributed by atoms with E-state index in [-0.39, 0.29) is 5.91 Å². The Kier molecular flexibility index (Phi) is 3.40. The molecule has 2 rings (SSSR count). The number of hydrogen-bond acceptors (Lipinski definition) is 5. The molecule has 2 saturated heterocycles. The van der Waals surface area contributed by atoms with Gasteiger partial charge in [0, 0.05) is 6.54 Å². The molecule has 0 saturated carbocycles. The summed E-state index contributed by atoms with van der Waals surface area (Å²) in [6.45, 7) is 3.39. The monoisotopic (exact) mass is 227 g/mol. The summed E-state index contributed by atoms with van der Waals surface area (Å²) in [7, 11) is 0. The fraction of sp³-hybridized carbons (Fsp3) is 0.800. The second-order valence-corrected chi connectivity index (χ2v) is 4.29. The largest absolute Gasteiger partial charge is 0.447 e. The maximum absolute atomic E-state index is 11.8. The molecule has 2 heterocycles. The van der Waals surface area contributed by atoms with Crippen molar-refractivity contribution in [1.29, 1.82) is 0 Å². The Morgan fingerprint density at radius 3 is 2.88 bits per heavy atom. The third-order valence-electron chi connectivity index (χ3n) is 3.12. The zero-order valence-electron chi connectivity index (χ0n) is 9.22. The SMILES string of the molecule is NCC1CCN(CC(=O)N2CCOC2=O)C1. The van der Waals surface area contributed by atoms with E-state index in [4.69, 9.17) is 10.5 Å². The number of rotatable bonds is 3. The Morgan fingerprint density at radius 1 is 1.50 bits per heavy atom. The first-order valence-corrected chi connectivity index (χ1v) is 5.60. The van der Waals surface area contributed by atoms with Crippen molar-refractivity contribution in [1.82, 2.24) is 9.80 Å². The fourth-order valence-corrected chi connectivity index (χ4v) is 2.15.